The number of alkyl halides is 3. The number of nitrogens with zero attached hydrogens (tertiary/aromatic N) is 2. The summed E-state index contributed by atoms with van der Waals surface area (Å²) in [6, 6.07) is 12.2. The van der Waals surface area contributed by atoms with Gasteiger partial charge in [-0.1, -0.05) is 23.8 Å². The molecule has 170 valence electrons. The Hall–Kier alpha value is -3.79. The van der Waals surface area contributed by atoms with E-state index in [4.69, 9.17) is 0 Å². The molecular formula is C26H24F3N3O. The lowest BCUT2D eigenvalue weighted by molar-refractivity contribution is -0.137. The van der Waals surface area contributed by atoms with E-state index in [1.807, 2.05) is 46.8 Å². The van der Waals surface area contributed by atoms with Crippen LogP contribution in [0.15, 0.2) is 48.0 Å². The van der Waals surface area contributed by atoms with Crippen molar-refractivity contribution >= 4 is 17.7 Å². The Morgan fingerprint density at radius 3 is 2.24 bits per heavy atom. The van der Waals surface area contributed by atoms with Crippen LogP contribution in [0, 0.1) is 45.9 Å². The number of carbonyl (C=O) groups is 1. The largest absolute Gasteiger partial charge is 0.416 e. The Bertz CT molecular complexity index is 1280. The molecule has 4 nitrogen and oxygen atoms in total. The quantitative estimate of drug-likeness (QED) is 0.360. The Morgan fingerprint density at radius 1 is 1.03 bits per heavy atom. The highest BCUT2D eigenvalue weighted by Gasteiger charge is 2.30. The highest BCUT2D eigenvalue weighted by molar-refractivity contribution is 6.09. The Kier molecular flexibility index (Phi) is 6.50. The highest BCUT2D eigenvalue weighted by Crippen LogP contribution is 2.31. The van der Waals surface area contributed by atoms with E-state index in [1.165, 1.54) is 18.2 Å². The second kappa shape index (κ2) is 8.99. The SMILES string of the molecule is Cc1cc(C)c(-n2c(C)cc(/C=C(/C#N)C(=O)Nc3cccc(C(F)(F)F)c3)c2C)c(C)c1. The minimum Gasteiger partial charge on any atom is -0.321 e. The number of amides is 1. The van der Waals surface area contributed by atoms with Crippen molar-refractivity contribution in [3.63, 3.8) is 0 Å². The summed E-state index contributed by atoms with van der Waals surface area (Å²) in [7, 11) is 0. The predicted molar refractivity (Wildman–Crippen MR) is 123 cm³/mol. The number of carbonyl (C=O) groups excluding carboxylic acids is 1. The van der Waals surface area contributed by atoms with Crippen molar-refractivity contribution in [2.45, 2.75) is 40.8 Å². The number of nitriles is 1. The Morgan fingerprint density at radius 2 is 1.67 bits per heavy atom. The summed E-state index contributed by atoms with van der Waals surface area (Å²) in [6.07, 6.45) is -3.07. The molecular weight excluding hydrogens is 427 g/mol. The van der Waals surface area contributed by atoms with Gasteiger partial charge in [0.25, 0.3) is 5.91 Å². The van der Waals surface area contributed by atoms with Gasteiger partial charge in [0.15, 0.2) is 0 Å². The van der Waals surface area contributed by atoms with Crippen LogP contribution < -0.4 is 5.32 Å². The van der Waals surface area contributed by atoms with E-state index >= 15 is 0 Å². The molecule has 0 unspecified atom stereocenters. The molecule has 0 atom stereocenters. The summed E-state index contributed by atoms with van der Waals surface area (Å²) in [5.41, 5.74) is 5.76. The third-order valence-electron chi connectivity index (χ3n) is 5.44. The van der Waals surface area contributed by atoms with Crippen molar-refractivity contribution in [1.82, 2.24) is 4.57 Å². The molecule has 1 heterocycles. The summed E-state index contributed by atoms with van der Waals surface area (Å²) in [4.78, 5) is 12.6. The fourth-order valence-electron chi connectivity index (χ4n) is 4.08. The molecule has 0 saturated heterocycles. The van der Waals surface area contributed by atoms with Crippen molar-refractivity contribution in [3.05, 3.63) is 87.2 Å². The summed E-state index contributed by atoms with van der Waals surface area (Å²) in [6.45, 7) is 9.95. The lowest BCUT2D eigenvalue weighted by atomic mass is 10.0. The molecule has 0 radical (unpaired) electrons. The Labute approximate surface area is 191 Å². The van der Waals surface area contributed by atoms with E-state index in [0.717, 1.165) is 45.9 Å². The first-order chi connectivity index (χ1) is 15.4. The van der Waals surface area contributed by atoms with Crippen LogP contribution in [-0.4, -0.2) is 10.5 Å². The first kappa shape index (κ1) is 23.9. The predicted octanol–water partition coefficient (Wildman–Crippen LogP) is 6.58. The van der Waals surface area contributed by atoms with Gasteiger partial charge in [-0.2, -0.15) is 18.4 Å². The fraction of sp³-hybridized carbons (Fsp3) is 0.231. The molecule has 0 bridgehead atoms. The standard InChI is InChI=1S/C26H24F3N3O/c1-15-9-16(2)24(17(3)10-15)32-18(4)11-20(19(32)5)12-21(14-30)25(33)31-23-8-6-7-22(13-23)26(27,28)29/h6-13H,1-5H3,(H,31,33)/b21-12-. The molecule has 7 heteroatoms. The van der Waals surface area contributed by atoms with Gasteiger partial charge in [-0.3, -0.25) is 4.79 Å². The molecule has 0 spiro atoms. The summed E-state index contributed by atoms with van der Waals surface area (Å²) in [5, 5.41) is 11.9. The molecule has 0 saturated carbocycles. The highest BCUT2D eigenvalue weighted by atomic mass is 19.4. The third kappa shape index (κ3) is 5.01. The van der Waals surface area contributed by atoms with Gasteiger partial charge in [-0.05, 0) is 81.7 Å². The van der Waals surface area contributed by atoms with E-state index in [1.54, 1.807) is 0 Å². The molecule has 0 aliphatic rings. The van der Waals surface area contributed by atoms with Crippen molar-refractivity contribution < 1.29 is 18.0 Å². The van der Waals surface area contributed by atoms with E-state index in [0.29, 0.717) is 5.56 Å². The number of aryl methyl sites for hydroxylation is 4. The molecule has 0 aliphatic heterocycles. The van der Waals surface area contributed by atoms with E-state index in [-0.39, 0.29) is 11.3 Å². The molecule has 1 N–H and O–H groups in total. The van der Waals surface area contributed by atoms with Crippen LogP contribution in [0.1, 0.15) is 39.2 Å². The third-order valence-corrected chi connectivity index (χ3v) is 5.44. The Balaban J connectivity index is 1.97. The van der Waals surface area contributed by atoms with Crippen LogP contribution in [0.2, 0.25) is 0 Å². The summed E-state index contributed by atoms with van der Waals surface area (Å²) in [5.74, 6) is -0.774. The maximum atomic E-state index is 12.9. The second-order valence-corrected chi connectivity index (χ2v) is 8.11. The average Bonchev–Trinajstić information content (AvgIpc) is 2.98. The van der Waals surface area contributed by atoms with Gasteiger partial charge in [-0.25, -0.2) is 0 Å². The monoisotopic (exact) mass is 451 g/mol. The number of halogens is 3. The zero-order chi connectivity index (χ0) is 24.5. The van der Waals surface area contributed by atoms with E-state index in [9.17, 15) is 23.2 Å². The van der Waals surface area contributed by atoms with Crippen LogP contribution in [0.5, 0.6) is 0 Å². The molecule has 1 aromatic heterocycles. The lowest BCUT2D eigenvalue weighted by Gasteiger charge is -2.17. The van der Waals surface area contributed by atoms with Crippen LogP contribution in [0.3, 0.4) is 0 Å². The molecule has 0 fully saturated rings. The van der Waals surface area contributed by atoms with E-state index in [2.05, 4.69) is 22.0 Å². The van der Waals surface area contributed by atoms with Crippen LogP contribution in [0.25, 0.3) is 11.8 Å². The average molecular weight is 451 g/mol. The molecule has 33 heavy (non-hydrogen) atoms. The maximum absolute atomic E-state index is 12.9. The minimum atomic E-state index is -4.53. The van der Waals surface area contributed by atoms with Crippen molar-refractivity contribution in [2.24, 2.45) is 0 Å². The number of nitrogens with one attached hydrogen (secondary N) is 1. The van der Waals surface area contributed by atoms with Gasteiger partial charge in [0, 0.05) is 17.1 Å². The fourth-order valence-corrected chi connectivity index (χ4v) is 4.08. The second-order valence-electron chi connectivity index (χ2n) is 8.11. The van der Waals surface area contributed by atoms with E-state index < -0.39 is 17.6 Å². The van der Waals surface area contributed by atoms with Crippen LogP contribution in [-0.2, 0) is 11.0 Å². The smallest absolute Gasteiger partial charge is 0.321 e. The summed E-state index contributed by atoms with van der Waals surface area (Å²) < 4.78 is 40.9. The number of hydrogen-bond donors (Lipinski definition) is 1. The van der Waals surface area contributed by atoms with Crippen LogP contribution in [0.4, 0.5) is 18.9 Å². The number of rotatable bonds is 4. The van der Waals surface area contributed by atoms with Crippen molar-refractivity contribution in [2.75, 3.05) is 5.32 Å². The van der Waals surface area contributed by atoms with Gasteiger partial charge >= 0.3 is 6.18 Å². The first-order valence-electron chi connectivity index (χ1n) is 10.3. The lowest BCUT2D eigenvalue weighted by Crippen LogP contribution is -2.14. The normalized spacial score (nSPS) is 11.9. The van der Waals surface area contributed by atoms with Gasteiger partial charge in [-0.15, -0.1) is 0 Å². The zero-order valence-electron chi connectivity index (χ0n) is 19.1. The topological polar surface area (TPSA) is 57.8 Å². The number of aromatic nitrogens is 1. The number of benzene rings is 2. The minimum absolute atomic E-state index is 0.0349. The molecule has 3 aromatic rings. The van der Waals surface area contributed by atoms with Gasteiger partial charge < -0.3 is 9.88 Å². The van der Waals surface area contributed by atoms with Crippen molar-refractivity contribution in [3.8, 4) is 11.8 Å². The van der Waals surface area contributed by atoms with Crippen LogP contribution >= 0.6 is 0 Å². The van der Waals surface area contributed by atoms with Crippen molar-refractivity contribution in [1.29, 1.82) is 5.26 Å². The molecule has 3 rings (SSSR count). The number of hydrogen-bond acceptors (Lipinski definition) is 2. The molecule has 1 amide bonds. The molecule has 2 aromatic carbocycles. The summed E-state index contributed by atoms with van der Waals surface area (Å²) >= 11 is 0. The van der Waals surface area contributed by atoms with Gasteiger partial charge in [0.2, 0.25) is 0 Å². The van der Waals surface area contributed by atoms with Gasteiger partial charge in [0.05, 0.1) is 11.3 Å². The molecule has 0 aliphatic carbocycles. The first-order valence-corrected chi connectivity index (χ1v) is 10.3. The maximum Gasteiger partial charge on any atom is 0.416 e. The number of anilines is 1. The van der Waals surface area contributed by atoms with Gasteiger partial charge in [0.1, 0.15) is 11.6 Å². The zero-order valence-corrected chi connectivity index (χ0v) is 19.1.